The quantitative estimate of drug-likeness (QED) is 0.699. The number of likely N-dealkylation sites (N-methyl/N-ethyl adjacent to an activating group) is 1. The van der Waals surface area contributed by atoms with Crippen LogP contribution in [0.2, 0.25) is 0 Å². The van der Waals surface area contributed by atoms with Crippen molar-refractivity contribution in [2.75, 3.05) is 19.6 Å². The topological polar surface area (TPSA) is 29.3 Å². The third-order valence-electron chi connectivity index (χ3n) is 2.46. The average Bonchev–Trinajstić information content (AvgIpc) is 1.97. The minimum atomic E-state index is 0.225. The third-order valence-corrected chi connectivity index (χ3v) is 2.46. The van der Waals surface area contributed by atoms with E-state index >= 15 is 0 Å². The molecule has 0 aliphatic rings. The van der Waals surface area contributed by atoms with Gasteiger partial charge in [-0.05, 0) is 18.5 Å². The molecule has 2 N–H and O–H groups in total. The second-order valence-electron chi connectivity index (χ2n) is 4.46. The Morgan fingerprint density at radius 2 is 1.58 bits per heavy atom. The molecule has 0 aliphatic carbocycles. The molecule has 0 spiro atoms. The molecule has 0 heterocycles. The number of rotatable bonds is 4. The second-order valence-corrected chi connectivity index (χ2v) is 4.46. The maximum atomic E-state index is 6.06. The van der Waals surface area contributed by atoms with Crippen molar-refractivity contribution in [2.45, 2.75) is 40.7 Å². The van der Waals surface area contributed by atoms with Gasteiger partial charge in [-0.1, -0.05) is 34.6 Å². The highest BCUT2D eigenvalue weighted by atomic mass is 15.1. The molecule has 2 nitrogen and oxygen atoms in total. The predicted octanol–water partition coefficient (Wildman–Crippen LogP) is 1.70. The molecule has 0 fully saturated rings. The number of nitrogens with two attached hydrogens (primary N) is 1. The lowest BCUT2D eigenvalue weighted by molar-refractivity contribution is 0.212. The van der Waals surface area contributed by atoms with Crippen molar-refractivity contribution in [2.24, 2.45) is 11.1 Å². The Bertz CT molecular complexity index is 111. The molecule has 0 saturated carbocycles. The predicted molar refractivity (Wildman–Crippen MR) is 55.2 cm³/mol. The van der Waals surface area contributed by atoms with E-state index in [1.54, 1.807) is 0 Å². The van der Waals surface area contributed by atoms with Gasteiger partial charge in [0.15, 0.2) is 0 Å². The van der Waals surface area contributed by atoms with Gasteiger partial charge in [-0.3, -0.25) is 0 Å². The van der Waals surface area contributed by atoms with Crippen LogP contribution in [-0.2, 0) is 0 Å². The zero-order valence-corrected chi connectivity index (χ0v) is 9.22. The van der Waals surface area contributed by atoms with Crippen molar-refractivity contribution in [3.8, 4) is 0 Å². The Morgan fingerprint density at radius 3 is 1.83 bits per heavy atom. The monoisotopic (exact) mass is 172 g/mol. The van der Waals surface area contributed by atoms with E-state index in [4.69, 9.17) is 5.73 Å². The highest BCUT2D eigenvalue weighted by Crippen LogP contribution is 2.17. The van der Waals surface area contributed by atoms with Crippen molar-refractivity contribution in [1.29, 1.82) is 0 Å². The van der Waals surface area contributed by atoms with E-state index in [1.807, 2.05) is 0 Å². The van der Waals surface area contributed by atoms with Gasteiger partial charge in [0.2, 0.25) is 0 Å². The minimum absolute atomic E-state index is 0.225. The summed E-state index contributed by atoms with van der Waals surface area (Å²) in [6, 6.07) is 0.275. The van der Waals surface area contributed by atoms with Crippen LogP contribution in [0.1, 0.15) is 34.6 Å². The summed E-state index contributed by atoms with van der Waals surface area (Å²) < 4.78 is 0. The van der Waals surface area contributed by atoms with Crippen molar-refractivity contribution in [3.05, 3.63) is 0 Å². The summed E-state index contributed by atoms with van der Waals surface area (Å²) >= 11 is 0. The Kier molecular flexibility index (Phi) is 4.80. The van der Waals surface area contributed by atoms with Crippen LogP contribution in [0.4, 0.5) is 0 Å². The molecule has 2 heteroatoms. The molecule has 0 bridgehead atoms. The summed E-state index contributed by atoms with van der Waals surface area (Å²) in [5.41, 5.74) is 6.29. The smallest absolute Gasteiger partial charge is 0.0217 e. The molecular formula is C10H24N2. The first-order chi connectivity index (χ1) is 5.41. The summed E-state index contributed by atoms with van der Waals surface area (Å²) in [5.74, 6) is 0. The molecule has 0 amide bonds. The molecule has 74 valence electrons. The zero-order valence-electron chi connectivity index (χ0n) is 9.22. The lowest BCUT2D eigenvalue weighted by Crippen LogP contribution is -2.45. The molecule has 0 aromatic heterocycles. The van der Waals surface area contributed by atoms with Crippen LogP contribution in [0.25, 0.3) is 0 Å². The van der Waals surface area contributed by atoms with Crippen LogP contribution in [0.15, 0.2) is 0 Å². The summed E-state index contributed by atoms with van der Waals surface area (Å²) in [7, 11) is 0. The van der Waals surface area contributed by atoms with Crippen molar-refractivity contribution >= 4 is 0 Å². The second kappa shape index (κ2) is 4.83. The van der Waals surface area contributed by atoms with E-state index in [2.05, 4.69) is 39.5 Å². The largest absolute Gasteiger partial charge is 0.326 e. The average molecular weight is 172 g/mol. The number of hydrogen-bond donors (Lipinski definition) is 1. The molecule has 0 unspecified atom stereocenters. The first-order valence-corrected chi connectivity index (χ1v) is 4.89. The Balaban J connectivity index is 3.90. The van der Waals surface area contributed by atoms with Gasteiger partial charge < -0.3 is 10.6 Å². The van der Waals surface area contributed by atoms with Gasteiger partial charge in [-0.25, -0.2) is 0 Å². The van der Waals surface area contributed by atoms with Gasteiger partial charge in [-0.2, -0.15) is 0 Å². The highest BCUT2D eigenvalue weighted by Gasteiger charge is 2.21. The van der Waals surface area contributed by atoms with Gasteiger partial charge in [0.05, 0.1) is 0 Å². The molecule has 0 rings (SSSR count). The molecule has 12 heavy (non-hydrogen) atoms. The highest BCUT2D eigenvalue weighted by molar-refractivity contribution is 4.79. The number of nitrogens with zero attached hydrogens (tertiary/aromatic N) is 1. The van der Waals surface area contributed by atoms with E-state index in [0.717, 1.165) is 19.6 Å². The molecular weight excluding hydrogens is 148 g/mol. The Labute approximate surface area is 77.1 Å². The van der Waals surface area contributed by atoms with Crippen LogP contribution in [0.3, 0.4) is 0 Å². The van der Waals surface area contributed by atoms with E-state index in [-0.39, 0.29) is 11.5 Å². The standard InChI is InChI=1S/C10H24N2/c1-6-12(7-2)8-9(11)10(3,4)5/h9H,6-8,11H2,1-5H3/t9-/m1/s1. The van der Waals surface area contributed by atoms with Gasteiger partial charge in [-0.15, -0.1) is 0 Å². The molecule has 0 aromatic carbocycles. The summed E-state index contributed by atoms with van der Waals surface area (Å²) in [6.07, 6.45) is 0. The first-order valence-electron chi connectivity index (χ1n) is 4.89. The van der Waals surface area contributed by atoms with E-state index < -0.39 is 0 Å². The summed E-state index contributed by atoms with van der Waals surface area (Å²) in [6.45, 7) is 14.2. The molecule has 0 saturated heterocycles. The van der Waals surface area contributed by atoms with Crippen LogP contribution in [0, 0.1) is 5.41 Å². The fourth-order valence-corrected chi connectivity index (χ4v) is 1.03. The maximum Gasteiger partial charge on any atom is 0.0217 e. The fourth-order valence-electron chi connectivity index (χ4n) is 1.03. The van der Waals surface area contributed by atoms with E-state index in [0.29, 0.717) is 0 Å². The number of hydrogen-bond acceptors (Lipinski definition) is 2. The summed E-state index contributed by atoms with van der Waals surface area (Å²) in [4.78, 5) is 2.37. The molecule has 0 aromatic rings. The molecule has 0 aliphatic heterocycles. The van der Waals surface area contributed by atoms with Gasteiger partial charge in [0.25, 0.3) is 0 Å². The lowest BCUT2D eigenvalue weighted by atomic mass is 9.87. The van der Waals surface area contributed by atoms with Crippen LogP contribution < -0.4 is 5.73 Å². The molecule has 1 atom stereocenters. The Morgan fingerprint density at radius 1 is 1.17 bits per heavy atom. The lowest BCUT2D eigenvalue weighted by Gasteiger charge is -2.31. The molecule has 0 radical (unpaired) electrons. The maximum absolute atomic E-state index is 6.06. The van der Waals surface area contributed by atoms with E-state index in [9.17, 15) is 0 Å². The van der Waals surface area contributed by atoms with Crippen molar-refractivity contribution in [1.82, 2.24) is 4.90 Å². The van der Waals surface area contributed by atoms with Crippen LogP contribution in [0.5, 0.6) is 0 Å². The van der Waals surface area contributed by atoms with Crippen molar-refractivity contribution < 1.29 is 0 Å². The van der Waals surface area contributed by atoms with Gasteiger partial charge in [0, 0.05) is 12.6 Å². The SMILES string of the molecule is CCN(CC)C[C@@H](N)C(C)(C)C. The third kappa shape index (κ3) is 4.07. The van der Waals surface area contributed by atoms with Gasteiger partial charge in [0.1, 0.15) is 0 Å². The summed E-state index contributed by atoms with van der Waals surface area (Å²) in [5, 5.41) is 0. The van der Waals surface area contributed by atoms with Crippen molar-refractivity contribution in [3.63, 3.8) is 0 Å². The Hall–Kier alpha value is -0.0800. The van der Waals surface area contributed by atoms with E-state index in [1.165, 1.54) is 0 Å². The van der Waals surface area contributed by atoms with Crippen LogP contribution >= 0.6 is 0 Å². The zero-order chi connectivity index (χ0) is 9.78. The van der Waals surface area contributed by atoms with Gasteiger partial charge >= 0.3 is 0 Å². The normalized spacial score (nSPS) is 15.2. The minimum Gasteiger partial charge on any atom is -0.326 e. The fraction of sp³-hybridized carbons (Fsp3) is 1.00. The first kappa shape index (κ1) is 11.9. The van der Waals surface area contributed by atoms with Crippen LogP contribution in [-0.4, -0.2) is 30.6 Å².